The molecule has 0 bridgehead atoms. The van der Waals surface area contributed by atoms with Gasteiger partial charge in [0, 0.05) is 17.1 Å². The lowest BCUT2D eigenvalue weighted by molar-refractivity contribution is 0.212. The van der Waals surface area contributed by atoms with Crippen molar-refractivity contribution in [2.24, 2.45) is 0 Å². The van der Waals surface area contributed by atoms with Crippen LogP contribution in [0.1, 0.15) is 41.1 Å². The van der Waals surface area contributed by atoms with Gasteiger partial charge in [-0.25, -0.2) is 4.98 Å². The third kappa shape index (κ3) is 2.47. The smallest absolute Gasteiger partial charge is 0.140 e. The number of nitriles is 1. The van der Waals surface area contributed by atoms with E-state index < -0.39 is 6.10 Å². The topological polar surface area (TPSA) is 88.5 Å². The first-order valence-electron chi connectivity index (χ1n) is 8.40. The van der Waals surface area contributed by atoms with Crippen molar-refractivity contribution in [1.82, 2.24) is 15.0 Å². The molecule has 5 nitrogen and oxygen atoms in total. The summed E-state index contributed by atoms with van der Waals surface area (Å²) < 4.78 is 0. The molecular weight excluding hydrogens is 348 g/mol. The molecule has 3 N–H and O–H groups in total. The predicted octanol–water partition coefficient (Wildman–Crippen LogP) is 4.52. The number of hydrogen-bond acceptors (Lipinski definition) is 3. The van der Waals surface area contributed by atoms with Crippen LogP contribution < -0.4 is 0 Å². The Hall–Kier alpha value is -2.81. The highest BCUT2D eigenvalue weighted by Crippen LogP contribution is 2.37. The van der Waals surface area contributed by atoms with Crippen molar-refractivity contribution in [1.29, 1.82) is 5.26 Å². The number of rotatable bonds is 3. The molecule has 130 valence electrons. The van der Waals surface area contributed by atoms with Crippen LogP contribution in [-0.2, 0) is 6.42 Å². The van der Waals surface area contributed by atoms with Crippen molar-refractivity contribution < 1.29 is 5.11 Å². The predicted molar refractivity (Wildman–Crippen MR) is 102 cm³/mol. The van der Waals surface area contributed by atoms with Crippen molar-refractivity contribution in [2.45, 2.75) is 26.4 Å². The van der Waals surface area contributed by atoms with E-state index in [-0.39, 0.29) is 0 Å². The molecule has 1 atom stereocenters. The van der Waals surface area contributed by atoms with Gasteiger partial charge in [0.25, 0.3) is 0 Å². The second kappa shape index (κ2) is 6.17. The van der Waals surface area contributed by atoms with Crippen molar-refractivity contribution in [3.8, 4) is 6.07 Å². The number of H-pyrrole nitrogens is 2. The lowest BCUT2D eigenvalue weighted by Gasteiger charge is -2.16. The fourth-order valence-corrected chi connectivity index (χ4v) is 3.76. The summed E-state index contributed by atoms with van der Waals surface area (Å²) in [5.74, 6) is 0.437. The van der Waals surface area contributed by atoms with E-state index in [9.17, 15) is 5.11 Å². The monoisotopic (exact) mass is 364 g/mol. The van der Waals surface area contributed by atoms with Crippen LogP contribution in [0, 0.1) is 18.3 Å². The van der Waals surface area contributed by atoms with Gasteiger partial charge in [0.2, 0.25) is 0 Å². The van der Waals surface area contributed by atoms with Gasteiger partial charge in [0.15, 0.2) is 0 Å². The first-order valence-corrected chi connectivity index (χ1v) is 8.78. The Morgan fingerprint density at radius 2 is 2.15 bits per heavy atom. The Balaban J connectivity index is 1.94. The first kappa shape index (κ1) is 16.6. The van der Waals surface area contributed by atoms with Crippen molar-refractivity contribution >= 4 is 33.5 Å². The van der Waals surface area contributed by atoms with Crippen molar-refractivity contribution in [3.05, 3.63) is 63.6 Å². The summed E-state index contributed by atoms with van der Waals surface area (Å²) in [6.07, 6.45) is 1.57. The van der Waals surface area contributed by atoms with Gasteiger partial charge < -0.3 is 15.1 Å². The maximum atomic E-state index is 11.1. The van der Waals surface area contributed by atoms with E-state index in [2.05, 4.69) is 34.0 Å². The second-order valence-corrected chi connectivity index (χ2v) is 6.78. The van der Waals surface area contributed by atoms with E-state index >= 15 is 0 Å². The molecule has 0 fully saturated rings. The molecule has 2 heterocycles. The maximum Gasteiger partial charge on any atom is 0.140 e. The summed E-state index contributed by atoms with van der Waals surface area (Å²) in [5, 5.41) is 21.6. The van der Waals surface area contributed by atoms with Gasteiger partial charge in [-0.15, -0.1) is 0 Å². The number of nitrogens with zero attached hydrogens (tertiary/aromatic N) is 2. The minimum absolute atomic E-state index is 0.437. The zero-order chi connectivity index (χ0) is 18.4. The molecular formula is C20H17ClN4O. The molecule has 0 aliphatic carbocycles. The number of imidazole rings is 1. The lowest BCUT2D eigenvalue weighted by atomic mass is 9.93. The number of aryl methyl sites for hydroxylation is 2. The lowest BCUT2D eigenvalue weighted by Crippen LogP contribution is -2.07. The van der Waals surface area contributed by atoms with Crippen LogP contribution in [0.5, 0.6) is 0 Å². The molecule has 2 aromatic heterocycles. The zero-order valence-corrected chi connectivity index (χ0v) is 15.1. The molecule has 4 rings (SSSR count). The maximum absolute atomic E-state index is 11.1. The van der Waals surface area contributed by atoms with Gasteiger partial charge in [-0.2, -0.15) is 5.26 Å². The molecule has 1 unspecified atom stereocenters. The SMILES string of the molecule is CCc1cc(C)c2[nH]cc(Cl)c2c1C(O)c1nc2cc(C#N)ccc2[nH]1. The molecule has 0 aliphatic rings. The molecule has 0 amide bonds. The standard InChI is InChI=1S/C20H17ClN4O/c1-3-12-6-10(2)18-17(13(21)9-23-18)16(12)19(26)20-24-14-5-4-11(8-22)7-15(14)25-20/h4-7,9,19,23,26H,3H2,1-2H3,(H,24,25). The van der Waals surface area contributed by atoms with Gasteiger partial charge in [-0.1, -0.05) is 24.6 Å². The highest BCUT2D eigenvalue weighted by Gasteiger charge is 2.23. The molecule has 2 aromatic carbocycles. The Labute approximate surface area is 155 Å². The van der Waals surface area contributed by atoms with Crippen LogP contribution in [0.25, 0.3) is 21.9 Å². The first-order chi connectivity index (χ1) is 12.5. The molecule has 0 radical (unpaired) electrons. The number of hydrogen-bond donors (Lipinski definition) is 3. The number of benzene rings is 2. The number of fused-ring (bicyclic) bond motifs is 2. The average Bonchev–Trinajstić information content (AvgIpc) is 3.24. The van der Waals surface area contributed by atoms with Gasteiger partial charge in [-0.05, 0) is 42.7 Å². The molecule has 0 aliphatic heterocycles. The third-order valence-electron chi connectivity index (χ3n) is 4.78. The highest BCUT2D eigenvalue weighted by molar-refractivity contribution is 6.36. The van der Waals surface area contributed by atoms with Gasteiger partial charge >= 0.3 is 0 Å². The quantitative estimate of drug-likeness (QED) is 0.499. The average molecular weight is 365 g/mol. The normalized spacial score (nSPS) is 12.6. The summed E-state index contributed by atoms with van der Waals surface area (Å²) in [6.45, 7) is 4.07. The van der Waals surface area contributed by atoms with E-state index in [1.54, 1.807) is 24.4 Å². The highest BCUT2D eigenvalue weighted by atomic mass is 35.5. The number of nitrogens with one attached hydrogen (secondary N) is 2. The summed E-state index contributed by atoms with van der Waals surface area (Å²) in [6, 6.07) is 9.40. The van der Waals surface area contributed by atoms with Gasteiger partial charge in [0.05, 0.1) is 33.2 Å². The Kier molecular flexibility index (Phi) is 3.95. The van der Waals surface area contributed by atoms with Crippen LogP contribution >= 0.6 is 11.6 Å². The molecule has 0 spiro atoms. The van der Waals surface area contributed by atoms with Gasteiger partial charge in [0.1, 0.15) is 11.9 Å². The number of aromatic nitrogens is 3. The van der Waals surface area contributed by atoms with Crippen LogP contribution in [0.15, 0.2) is 30.5 Å². The minimum Gasteiger partial charge on any atom is -0.380 e. The third-order valence-corrected chi connectivity index (χ3v) is 5.07. The molecule has 6 heteroatoms. The summed E-state index contributed by atoms with van der Waals surface area (Å²) in [5.41, 5.74) is 5.76. The van der Waals surface area contributed by atoms with Crippen LogP contribution in [0.4, 0.5) is 0 Å². The van der Waals surface area contributed by atoms with E-state index in [0.717, 1.165) is 39.5 Å². The Bertz CT molecular complexity index is 1180. The molecule has 0 saturated heterocycles. The minimum atomic E-state index is -0.945. The molecule has 26 heavy (non-hydrogen) atoms. The van der Waals surface area contributed by atoms with Crippen molar-refractivity contribution in [2.75, 3.05) is 0 Å². The number of aliphatic hydroxyl groups excluding tert-OH is 1. The zero-order valence-electron chi connectivity index (χ0n) is 14.4. The molecule has 0 saturated carbocycles. The number of halogens is 1. The number of aromatic amines is 2. The summed E-state index contributed by atoms with van der Waals surface area (Å²) >= 11 is 6.42. The van der Waals surface area contributed by atoms with E-state index in [4.69, 9.17) is 16.9 Å². The fourth-order valence-electron chi connectivity index (χ4n) is 3.51. The van der Waals surface area contributed by atoms with Crippen LogP contribution in [-0.4, -0.2) is 20.1 Å². The van der Waals surface area contributed by atoms with Crippen LogP contribution in [0.3, 0.4) is 0 Å². The van der Waals surface area contributed by atoms with E-state index in [0.29, 0.717) is 21.9 Å². The van der Waals surface area contributed by atoms with E-state index in [1.807, 2.05) is 6.92 Å². The van der Waals surface area contributed by atoms with Crippen LogP contribution in [0.2, 0.25) is 5.02 Å². The number of aliphatic hydroxyl groups is 1. The van der Waals surface area contributed by atoms with Gasteiger partial charge in [-0.3, -0.25) is 0 Å². The Morgan fingerprint density at radius 1 is 1.35 bits per heavy atom. The molecule has 4 aromatic rings. The van der Waals surface area contributed by atoms with E-state index in [1.165, 1.54) is 0 Å². The van der Waals surface area contributed by atoms with Crippen molar-refractivity contribution in [3.63, 3.8) is 0 Å². The Morgan fingerprint density at radius 3 is 2.88 bits per heavy atom. The fraction of sp³-hybridized carbons (Fsp3) is 0.200. The largest absolute Gasteiger partial charge is 0.380 e. The summed E-state index contributed by atoms with van der Waals surface area (Å²) in [4.78, 5) is 10.9. The summed E-state index contributed by atoms with van der Waals surface area (Å²) in [7, 11) is 0. The second-order valence-electron chi connectivity index (χ2n) is 6.37.